The van der Waals surface area contributed by atoms with E-state index in [0.717, 1.165) is 11.3 Å². The van der Waals surface area contributed by atoms with E-state index in [2.05, 4.69) is 36.6 Å². The van der Waals surface area contributed by atoms with Crippen LogP contribution in [0.15, 0.2) is 64.0 Å². The van der Waals surface area contributed by atoms with E-state index in [4.69, 9.17) is 34.8 Å². The lowest BCUT2D eigenvalue weighted by Gasteiger charge is -2.23. The summed E-state index contributed by atoms with van der Waals surface area (Å²) in [5.74, 6) is -4.11. The smallest absolute Gasteiger partial charge is 0.303 e. The first-order valence-electron chi connectivity index (χ1n) is 25.3. The van der Waals surface area contributed by atoms with Crippen LogP contribution in [0.2, 0.25) is 0 Å². The Morgan fingerprint density at radius 2 is 1.43 bits per heavy atom. The zero-order valence-electron chi connectivity index (χ0n) is 44.7. The molecule has 1 aliphatic heterocycles. The quantitative estimate of drug-likeness (QED) is 0.0586. The Morgan fingerprint density at radius 1 is 0.720 bits per heavy atom. The standard InChI is InChI=1S/C53H53N13O10S6/c1-24(2)39-53-65-42(33(82-53)19-76-6)46(74)55-18-36(68)62-43(44(72)26-11-8-7-9-12-26)52-60-32(22-79-52)50-58-30(20-78-50)41-27(15-16-28(56-41)49-61-34(23-80-49)66(5)37(69)13-10-14-38(70)71)48-59-31(21-77-48)45(73)57-29(17-35(67)54-4)51-64-40(25(3)81-51)47(75)63-39/h7-9,11-12,15-16,20-24,29,39,43-44,72H,10,13-14,17-19H2,1-6H3,(H,54,67)(H,55,74)(H,57,73)(H,62,68)(H,63,75)(H,70,71)/t29-,39+,43-,44-/m0/s1. The molecule has 0 aliphatic carbocycles. The lowest BCUT2D eigenvalue weighted by atomic mass is 10.0. The average molecular weight is 1220 g/mol. The predicted octanol–water partition coefficient (Wildman–Crippen LogP) is 7.53. The van der Waals surface area contributed by atoms with Gasteiger partial charge in [0.25, 0.3) is 17.7 Å². The summed E-state index contributed by atoms with van der Waals surface area (Å²) >= 11 is 7.15. The SMILES string of the molecule is CNC(=O)C[C@@H]1NC(=O)c2csc(n2)-c2ccc(-c3nc(N(C)C(=O)CCCC(=O)O)cs3)nc2-c2csc(n2)-c2csc(n2)[C@H]([C@@H](O)c2ccccc2)NC(=O)CNC(=O)c2nc(sc2COC)[C@@H](C(C)C)NC(=O)c2nc1sc2C. The number of ether oxygens (including phenoxy) is 1. The first kappa shape index (κ1) is 59.0. The summed E-state index contributed by atoms with van der Waals surface area (Å²) in [7, 11) is 4.50. The highest BCUT2D eigenvalue weighted by atomic mass is 32.1. The van der Waals surface area contributed by atoms with E-state index in [1.54, 1.807) is 78.0 Å². The molecule has 29 heteroatoms. The van der Waals surface area contributed by atoms with Crippen LogP contribution < -0.4 is 31.5 Å². The Hall–Kier alpha value is -7.64. The van der Waals surface area contributed by atoms with Gasteiger partial charge in [-0.05, 0) is 37.0 Å². The summed E-state index contributed by atoms with van der Waals surface area (Å²) < 4.78 is 5.44. The molecule has 23 nitrogen and oxygen atoms in total. The number of thiazole rings is 6. The van der Waals surface area contributed by atoms with Crippen molar-refractivity contribution < 1.29 is 48.5 Å². The van der Waals surface area contributed by atoms with E-state index in [0.29, 0.717) is 74.5 Å². The lowest BCUT2D eigenvalue weighted by Crippen LogP contribution is -2.40. The first-order chi connectivity index (χ1) is 39.4. The van der Waals surface area contributed by atoms with Crippen molar-refractivity contribution in [2.45, 2.75) is 77.3 Å². The van der Waals surface area contributed by atoms with Crippen molar-refractivity contribution in [3.05, 3.63) is 111 Å². The van der Waals surface area contributed by atoms with E-state index < -0.39 is 66.3 Å². The minimum atomic E-state index is -1.28. The van der Waals surface area contributed by atoms with Crippen molar-refractivity contribution in [3.63, 3.8) is 0 Å². The van der Waals surface area contributed by atoms with Gasteiger partial charge in [-0.2, -0.15) is 0 Å². The van der Waals surface area contributed by atoms with Crippen LogP contribution in [0.3, 0.4) is 0 Å². The second-order valence-electron chi connectivity index (χ2n) is 18.8. The van der Waals surface area contributed by atoms with Gasteiger partial charge in [0.15, 0.2) is 0 Å². The number of hydrogen-bond acceptors (Lipinski definition) is 22. The van der Waals surface area contributed by atoms with Crippen LogP contribution in [0.4, 0.5) is 5.82 Å². The van der Waals surface area contributed by atoms with E-state index in [9.17, 15) is 38.7 Å². The monoisotopic (exact) mass is 1220 g/mol. The highest BCUT2D eigenvalue weighted by Crippen LogP contribution is 2.40. The fraction of sp³-hybridized carbons (Fsp3) is 0.321. The fourth-order valence-corrected chi connectivity index (χ4v) is 14.0. The number of rotatable bonds is 13. The van der Waals surface area contributed by atoms with Crippen LogP contribution in [-0.4, -0.2) is 114 Å². The van der Waals surface area contributed by atoms with Crippen LogP contribution in [0.25, 0.3) is 43.4 Å². The average Bonchev–Trinajstić information content (AvgIpc) is 4.44. The van der Waals surface area contributed by atoms with Gasteiger partial charge in [0.2, 0.25) is 17.7 Å². The predicted molar refractivity (Wildman–Crippen MR) is 312 cm³/mol. The third kappa shape index (κ3) is 13.5. The molecule has 7 N–H and O–H groups in total. The van der Waals surface area contributed by atoms with Crippen molar-refractivity contribution in [3.8, 4) is 43.4 Å². The zero-order valence-corrected chi connectivity index (χ0v) is 49.6. The van der Waals surface area contributed by atoms with E-state index in [-0.39, 0.29) is 66.2 Å². The number of nitrogens with zero attached hydrogens (tertiary/aromatic N) is 8. The van der Waals surface area contributed by atoms with Gasteiger partial charge in [-0.3, -0.25) is 38.5 Å². The maximum atomic E-state index is 14.3. The van der Waals surface area contributed by atoms with Gasteiger partial charge in [-0.1, -0.05) is 44.2 Å². The Bertz CT molecular complexity index is 3680. The van der Waals surface area contributed by atoms with Gasteiger partial charge in [-0.25, -0.2) is 34.9 Å². The zero-order chi connectivity index (χ0) is 58.4. The number of aliphatic hydroxyl groups is 1. The third-order valence-electron chi connectivity index (χ3n) is 12.7. The van der Waals surface area contributed by atoms with Crippen molar-refractivity contribution in [2.24, 2.45) is 5.92 Å². The maximum absolute atomic E-state index is 14.3. The number of carboxylic acid groups (broad SMARTS) is 1. The Balaban J connectivity index is 1.12. The number of aromatic nitrogens is 7. The molecule has 0 saturated carbocycles. The van der Waals surface area contributed by atoms with Crippen molar-refractivity contribution in [1.82, 2.24) is 61.5 Å². The summed E-state index contributed by atoms with van der Waals surface area (Å²) in [6.45, 7) is 4.94. The number of hydrogen-bond donors (Lipinski definition) is 7. The molecule has 1 aliphatic rings. The van der Waals surface area contributed by atoms with Gasteiger partial charge in [0, 0.05) is 66.0 Å². The minimum Gasteiger partial charge on any atom is -0.481 e. The topological polar surface area (TPSA) is 323 Å². The number of methoxy groups -OCH3 is 1. The molecule has 8 aromatic rings. The number of pyridine rings is 1. The van der Waals surface area contributed by atoms with Gasteiger partial charge >= 0.3 is 5.97 Å². The molecule has 0 unspecified atom stereocenters. The summed E-state index contributed by atoms with van der Waals surface area (Å²) in [6, 6.07) is 9.45. The van der Waals surface area contributed by atoms with Crippen molar-refractivity contribution in [2.75, 3.05) is 32.6 Å². The molecular weight excluding hydrogens is 1170 g/mol. The van der Waals surface area contributed by atoms with E-state index >= 15 is 0 Å². The van der Waals surface area contributed by atoms with Crippen LogP contribution in [-0.2, 0) is 30.5 Å². The third-order valence-corrected chi connectivity index (χ3v) is 18.5. The fourth-order valence-electron chi connectivity index (χ4n) is 8.42. The summed E-state index contributed by atoms with van der Waals surface area (Å²) in [6.07, 6.45) is -1.47. The van der Waals surface area contributed by atoms with Gasteiger partial charge in [-0.15, -0.1) is 68.0 Å². The highest BCUT2D eigenvalue weighted by Gasteiger charge is 2.33. The van der Waals surface area contributed by atoms with E-state index in [1.165, 1.54) is 75.7 Å². The number of nitrogens with one attached hydrogen (secondary N) is 5. The van der Waals surface area contributed by atoms with Crippen LogP contribution >= 0.6 is 68.0 Å². The van der Waals surface area contributed by atoms with Crippen LogP contribution in [0.1, 0.15) is 126 Å². The van der Waals surface area contributed by atoms with E-state index in [1.807, 2.05) is 13.8 Å². The summed E-state index contributed by atoms with van der Waals surface area (Å²) in [5.41, 5.74) is 2.65. The molecule has 0 spiro atoms. The second-order valence-corrected chi connectivity index (χ2v) is 24.7. The van der Waals surface area contributed by atoms with Crippen LogP contribution in [0.5, 0.6) is 0 Å². The summed E-state index contributed by atoms with van der Waals surface area (Å²) in [4.78, 5) is 130. The molecule has 9 rings (SSSR count). The molecule has 0 fully saturated rings. The number of anilines is 1. The number of aryl methyl sites for hydroxylation is 1. The minimum absolute atomic E-state index is 0.000662. The molecule has 82 heavy (non-hydrogen) atoms. The number of aliphatic carboxylic acids is 1. The molecule has 8 heterocycles. The number of aliphatic hydroxyl groups excluding tert-OH is 1. The number of benzene rings is 1. The number of carbonyl (C=O) groups excluding carboxylic acids is 6. The largest absolute Gasteiger partial charge is 0.481 e. The molecule has 7 aromatic heterocycles. The molecule has 0 saturated heterocycles. The van der Waals surface area contributed by atoms with Gasteiger partial charge in [0.05, 0.1) is 42.2 Å². The number of carboxylic acids is 1. The molecule has 4 atom stereocenters. The Morgan fingerprint density at radius 3 is 2.17 bits per heavy atom. The van der Waals surface area contributed by atoms with Crippen molar-refractivity contribution >= 4 is 115 Å². The lowest BCUT2D eigenvalue weighted by molar-refractivity contribution is -0.137. The number of carbonyl (C=O) groups is 7. The maximum Gasteiger partial charge on any atom is 0.303 e. The molecule has 6 amide bonds. The Labute approximate surface area is 492 Å². The van der Waals surface area contributed by atoms with Gasteiger partial charge < -0.3 is 41.5 Å². The molecule has 0 radical (unpaired) electrons. The van der Waals surface area contributed by atoms with Crippen LogP contribution in [0, 0.1) is 12.8 Å². The number of fused-ring (bicyclic) bond motifs is 14. The molecular formula is C53H53N13O10S6. The first-order valence-corrected chi connectivity index (χ1v) is 30.5. The molecule has 426 valence electrons. The second kappa shape index (κ2) is 26.1. The highest BCUT2D eigenvalue weighted by molar-refractivity contribution is 7.15. The van der Waals surface area contributed by atoms with Gasteiger partial charge in [0.1, 0.15) is 82.2 Å². The summed E-state index contributed by atoms with van der Waals surface area (Å²) in [5, 5.41) is 44.2. The Kier molecular flexibility index (Phi) is 18.8. The normalized spacial score (nSPS) is 16.4. The molecule has 10 bridgehead atoms. The molecule has 1 aromatic carbocycles. The number of amides is 6. The van der Waals surface area contributed by atoms with Crippen molar-refractivity contribution in [1.29, 1.82) is 0 Å².